The molecule has 20 heavy (non-hydrogen) atoms. The minimum absolute atomic E-state index is 0.0346. The Morgan fingerprint density at radius 1 is 1.25 bits per heavy atom. The molecule has 0 aliphatic carbocycles. The maximum atomic E-state index is 6.13. The minimum atomic E-state index is 0.0346. The van der Waals surface area contributed by atoms with Crippen molar-refractivity contribution in [2.24, 2.45) is 0 Å². The van der Waals surface area contributed by atoms with Crippen molar-refractivity contribution in [1.82, 2.24) is 14.7 Å². The molecule has 0 amide bonds. The highest BCUT2D eigenvalue weighted by atomic mass is 16.5. The predicted molar refractivity (Wildman–Crippen MR) is 78.7 cm³/mol. The zero-order valence-corrected chi connectivity index (χ0v) is 12.1. The van der Waals surface area contributed by atoms with E-state index in [9.17, 15) is 0 Å². The van der Waals surface area contributed by atoms with Gasteiger partial charge in [0.15, 0.2) is 0 Å². The molecule has 1 aromatic carbocycles. The highest BCUT2D eigenvalue weighted by Crippen LogP contribution is 2.31. The lowest BCUT2D eigenvalue weighted by molar-refractivity contribution is 0.391. The first kappa shape index (κ1) is 12.7. The summed E-state index contributed by atoms with van der Waals surface area (Å²) in [4.78, 5) is 4.45. The first-order valence-corrected chi connectivity index (χ1v) is 6.66. The van der Waals surface area contributed by atoms with Crippen molar-refractivity contribution in [2.45, 2.75) is 33.7 Å². The Labute approximate surface area is 117 Å². The van der Waals surface area contributed by atoms with Crippen LogP contribution in [0.15, 0.2) is 22.7 Å². The molecular formula is C15H18N4O. The van der Waals surface area contributed by atoms with Gasteiger partial charge in [-0.3, -0.25) is 0 Å². The van der Waals surface area contributed by atoms with Crippen LogP contribution in [-0.4, -0.2) is 14.7 Å². The van der Waals surface area contributed by atoms with Crippen molar-refractivity contribution in [1.29, 1.82) is 0 Å². The van der Waals surface area contributed by atoms with Crippen LogP contribution in [0.4, 0.5) is 5.95 Å². The summed E-state index contributed by atoms with van der Waals surface area (Å²) >= 11 is 0. The predicted octanol–water partition coefficient (Wildman–Crippen LogP) is 3.14. The number of nitrogens with zero attached hydrogens (tertiary/aromatic N) is 3. The molecule has 2 aromatic heterocycles. The number of hydrogen-bond acceptors (Lipinski definition) is 4. The number of anilines is 1. The van der Waals surface area contributed by atoms with Gasteiger partial charge in [0.1, 0.15) is 5.76 Å². The van der Waals surface area contributed by atoms with E-state index in [1.165, 1.54) is 0 Å². The average molecular weight is 270 g/mol. The molecule has 2 N–H and O–H groups in total. The van der Waals surface area contributed by atoms with Gasteiger partial charge in [0, 0.05) is 5.56 Å². The number of rotatable bonds is 2. The van der Waals surface area contributed by atoms with Crippen LogP contribution in [0.1, 0.15) is 35.5 Å². The molecule has 5 heteroatoms. The quantitative estimate of drug-likeness (QED) is 0.776. The van der Waals surface area contributed by atoms with Crippen LogP contribution < -0.4 is 5.73 Å². The highest BCUT2D eigenvalue weighted by molar-refractivity contribution is 5.82. The second-order valence-electron chi connectivity index (χ2n) is 5.20. The normalized spacial score (nSPS) is 13.0. The number of aromatic nitrogens is 3. The molecular weight excluding hydrogens is 252 g/mol. The summed E-state index contributed by atoms with van der Waals surface area (Å²) in [5, 5.41) is 4.03. The van der Waals surface area contributed by atoms with Gasteiger partial charge in [0.25, 0.3) is 0 Å². The Morgan fingerprint density at radius 2 is 2.00 bits per heavy atom. The molecule has 0 bridgehead atoms. The smallest absolute Gasteiger partial charge is 0.201 e. The largest absolute Gasteiger partial charge is 0.369 e. The van der Waals surface area contributed by atoms with Crippen molar-refractivity contribution in [3.05, 3.63) is 40.8 Å². The lowest BCUT2D eigenvalue weighted by Gasteiger charge is -2.16. The molecule has 1 atom stereocenters. The van der Waals surface area contributed by atoms with Gasteiger partial charge in [0.2, 0.25) is 5.95 Å². The highest BCUT2D eigenvalue weighted by Gasteiger charge is 2.22. The third-order valence-electron chi connectivity index (χ3n) is 3.83. The van der Waals surface area contributed by atoms with E-state index in [-0.39, 0.29) is 6.04 Å². The fourth-order valence-corrected chi connectivity index (χ4v) is 2.95. The van der Waals surface area contributed by atoms with Crippen LogP contribution in [0, 0.1) is 20.8 Å². The maximum Gasteiger partial charge on any atom is 0.201 e. The van der Waals surface area contributed by atoms with Gasteiger partial charge in [0.05, 0.1) is 22.8 Å². The molecule has 0 fully saturated rings. The molecule has 104 valence electrons. The lowest BCUT2D eigenvalue weighted by Crippen LogP contribution is -2.12. The third kappa shape index (κ3) is 1.70. The molecule has 3 aromatic rings. The second-order valence-corrected chi connectivity index (χ2v) is 5.20. The lowest BCUT2D eigenvalue weighted by atomic mass is 10.1. The van der Waals surface area contributed by atoms with Crippen molar-refractivity contribution in [2.75, 3.05) is 5.73 Å². The van der Waals surface area contributed by atoms with Gasteiger partial charge < -0.3 is 14.8 Å². The number of fused-ring (bicyclic) bond motifs is 1. The fraction of sp³-hybridized carbons (Fsp3) is 0.333. The van der Waals surface area contributed by atoms with Gasteiger partial charge in [-0.05, 0) is 39.3 Å². The van der Waals surface area contributed by atoms with E-state index < -0.39 is 0 Å². The summed E-state index contributed by atoms with van der Waals surface area (Å²) in [5.41, 5.74) is 11.2. The zero-order chi connectivity index (χ0) is 14.4. The molecule has 1 unspecified atom stereocenters. The van der Waals surface area contributed by atoms with E-state index in [0.717, 1.165) is 33.6 Å². The molecule has 0 radical (unpaired) electrons. The molecule has 0 spiro atoms. The molecule has 0 aliphatic heterocycles. The first-order chi connectivity index (χ1) is 9.50. The standard InChI is InChI=1S/C15H18N4O/c1-8-6-5-7-12-14(8)19(15(16)17-12)10(3)13-9(2)18-20-11(13)4/h5-7,10H,1-4H3,(H2,16,17). The fourth-order valence-electron chi connectivity index (χ4n) is 2.95. The van der Waals surface area contributed by atoms with Crippen molar-refractivity contribution in [3.8, 4) is 0 Å². The number of hydrogen-bond donors (Lipinski definition) is 1. The summed E-state index contributed by atoms with van der Waals surface area (Å²) in [6.45, 7) is 8.04. The number of aryl methyl sites for hydroxylation is 3. The molecule has 0 saturated heterocycles. The van der Waals surface area contributed by atoms with Gasteiger partial charge >= 0.3 is 0 Å². The summed E-state index contributed by atoms with van der Waals surface area (Å²) in [5.74, 6) is 1.34. The maximum absolute atomic E-state index is 6.13. The van der Waals surface area contributed by atoms with E-state index >= 15 is 0 Å². The van der Waals surface area contributed by atoms with E-state index in [0.29, 0.717) is 5.95 Å². The summed E-state index contributed by atoms with van der Waals surface area (Å²) in [6.07, 6.45) is 0. The van der Waals surface area contributed by atoms with Crippen molar-refractivity contribution < 1.29 is 4.52 Å². The Bertz CT molecular complexity index is 765. The Balaban J connectivity index is 2.27. The number of nitrogen functional groups attached to an aromatic ring is 1. The van der Waals surface area contributed by atoms with E-state index in [1.807, 2.05) is 26.0 Å². The van der Waals surface area contributed by atoms with E-state index in [1.54, 1.807) is 0 Å². The van der Waals surface area contributed by atoms with Crippen LogP contribution in [0.5, 0.6) is 0 Å². The SMILES string of the molecule is Cc1noc(C)c1C(C)n1c(N)nc2cccc(C)c21. The Hall–Kier alpha value is -2.30. The van der Waals surface area contributed by atoms with E-state index in [4.69, 9.17) is 10.3 Å². The van der Waals surface area contributed by atoms with E-state index in [2.05, 4.69) is 34.6 Å². The van der Waals surface area contributed by atoms with Gasteiger partial charge in [-0.2, -0.15) is 0 Å². The Morgan fingerprint density at radius 3 is 2.65 bits per heavy atom. The minimum Gasteiger partial charge on any atom is -0.369 e. The monoisotopic (exact) mass is 270 g/mol. The molecule has 3 rings (SSSR count). The number of imidazole rings is 1. The summed E-state index contributed by atoms with van der Waals surface area (Å²) in [6, 6.07) is 6.08. The van der Waals surface area contributed by atoms with Crippen LogP contribution in [0.3, 0.4) is 0 Å². The van der Waals surface area contributed by atoms with Crippen LogP contribution in [-0.2, 0) is 0 Å². The van der Waals surface area contributed by atoms with Crippen LogP contribution in [0.2, 0.25) is 0 Å². The first-order valence-electron chi connectivity index (χ1n) is 6.66. The number of nitrogens with two attached hydrogens (primary N) is 1. The van der Waals surface area contributed by atoms with Gasteiger partial charge in [-0.15, -0.1) is 0 Å². The molecule has 0 saturated carbocycles. The molecule has 2 heterocycles. The zero-order valence-electron chi connectivity index (χ0n) is 12.1. The summed E-state index contributed by atoms with van der Waals surface area (Å²) < 4.78 is 7.32. The Kier molecular flexibility index (Phi) is 2.78. The third-order valence-corrected chi connectivity index (χ3v) is 3.83. The number of para-hydroxylation sites is 1. The molecule has 5 nitrogen and oxygen atoms in total. The topological polar surface area (TPSA) is 69.9 Å². The van der Waals surface area contributed by atoms with Crippen LogP contribution in [0.25, 0.3) is 11.0 Å². The van der Waals surface area contributed by atoms with Crippen LogP contribution >= 0.6 is 0 Å². The van der Waals surface area contributed by atoms with Crippen molar-refractivity contribution >= 4 is 17.0 Å². The molecule has 0 aliphatic rings. The summed E-state index contributed by atoms with van der Waals surface area (Å²) in [7, 11) is 0. The second kappa shape index (κ2) is 4.37. The average Bonchev–Trinajstić information content (AvgIpc) is 2.90. The van der Waals surface area contributed by atoms with Crippen molar-refractivity contribution in [3.63, 3.8) is 0 Å². The number of benzene rings is 1. The van der Waals surface area contributed by atoms with Gasteiger partial charge in [-0.25, -0.2) is 4.98 Å². The van der Waals surface area contributed by atoms with Gasteiger partial charge in [-0.1, -0.05) is 17.3 Å².